The summed E-state index contributed by atoms with van der Waals surface area (Å²) in [4.78, 5) is 0. The molecule has 2 rings (SSSR count). The highest BCUT2D eigenvalue weighted by molar-refractivity contribution is 5.31. The molecule has 1 N–H and O–H groups in total. The van der Waals surface area contributed by atoms with Gasteiger partial charge in [0.1, 0.15) is 11.6 Å². The Morgan fingerprint density at radius 3 is 2.55 bits per heavy atom. The van der Waals surface area contributed by atoms with Gasteiger partial charge in [0.2, 0.25) is 0 Å². The normalized spacial score (nSPS) is 12.4. The SMILES string of the molecule is CNC(Cc1c(F)cccc1F)c1c(OC)cnn1C. The van der Waals surface area contributed by atoms with Gasteiger partial charge < -0.3 is 10.1 Å². The first kappa shape index (κ1) is 14.5. The molecule has 1 aromatic carbocycles. The number of likely N-dealkylation sites (N-methyl/N-ethyl adjacent to an activating group) is 1. The summed E-state index contributed by atoms with van der Waals surface area (Å²) >= 11 is 0. The summed E-state index contributed by atoms with van der Waals surface area (Å²) in [6.07, 6.45) is 1.75. The molecule has 0 saturated carbocycles. The van der Waals surface area contributed by atoms with Crippen molar-refractivity contribution in [2.75, 3.05) is 14.2 Å². The molecule has 20 heavy (non-hydrogen) atoms. The highest BCUT2D eigenvalue weighted by Crippen LogP contribution is 2.28. The lowest BCUT2D eigenvalue weighted by atomic mass is 10.0. The predicted molar refractivity (Wildman–Crippen MR) is 71.6 cm³/mol. The number of methoxy groups -OCH3 is 1. The lowest BCUT2D eigenvalue weighted by molar-refractivity contribution is 0.395. The number of nitrogens with zero attached hydrogens (tertiary/aromatic N) is 2. The van der Waals surface area contributed by atoms with Crippen LogP contribution in [0, 0.1) is 11.6 Å². The monoisotopic (exact) mass is 281 g/mol. The van der Waals surface area contributed by atoms with Crippen molar-refractivity contribution < 1.29 is 13.5 Å². The first-order valence-electron chi connectivity index (χ1n) is 6.24. The molecule has 1 unspecified atom stereocenters. The van der Waals surface area contributed by atoms with E-state index in [9.17, 15) is 8.78 Å². The van der Waals surface area contributed by atoms with Gasteiger partial charge in [-0.2, -0.15) is 5.10 Å². The third-order valence-corrected chi connectivity index (χ3v) is 3.32. The Bertz CT molecular complexity index is 578. The molecule has 0 fully saturated rings. The van der Waals surface area contributed by atoms with E-state index < -0.39 is 11.6 Å². The van der Waals surface area contributed by atoms with E-state index in [4.69, 9.17) is 4.74 Å². The maximum absolute atomic E-state index is 13.8. The largest absolute Gasteiger partial charge is 0.493 e. The molecule has 2 aromatic rings. The van der Waals surface area contributed by atoms with E-state index in [0.717, 1.165) is 5.69 Å². The van der Waals surface area contributed by atoms with Crippen LogP contribution in [0.3, 0.4) is 0 Å². The molecule has 0 aliphatic rings. The summed E-state index contributed by atoms with van der Waals surface area (Å²) in [6.45, 7) is 0. The Morgan fingerprint density at radius 1 is 1.35 bits per heavy atom. The Morgan fingerprint density at radius 2 is 2.00 bits per heavy atom. The number of aromatic nitrogens is 2. The summed E-state index contributed by atoms with van der Waals surface area (Å²) in [7, 11) is 5.03. The van der Waals surface area contributed by atoms with E-state index in [1.165, 1.54) is 25.3 Å². The van der Waals surface area contributed by atoms with Crippen LogP contribution < -0.4 is 10.1 Å². The van der Waals surface area contributed by atoms with E-state index in [1.807, 2.05) is 0 Å². The molecule has 0 aliphatic heterocycles. The standard InChI is InChI=1S/C14H17F2N3O/c1-17-12(14-13(20-3)8-18-19(14)2)7-9-10(15)5-4-6-11(9)16/h4-6,8,12,17H,7H2,1-3H3. The maximum Gasteiger partial charge on any atom is 0.161 e. The fraction of sp³-hybridized carbons (Fsp3) is 0.357. The van der Waals surface area contributed by atoms with E-state index in [0.29, 0.717) is 5.75 Å². The number of halogens is 2. The molecule has 0 amide bonds. The first-order chi connectivity index (χ1) is 9.58. The van der Waals surface area contributed by atoms with Gasteiger partial charge >= 0.3 is 0 Å². The highest BCUT2D eigenvalue weighted by atomic mass is 19.1. The quantitative estimate of drug-likeness (QED) is 0.913. The summed E-state index contributed by atoms with van der Waals surface area (Å²) in [5.74, 6) is -0.513. The average Bonchev–Trinajstić information content (AvgIpc) is 2.80. The van der Waals surface area contributed by atoms with Gasteiger partial charge in [-0.3, -0.25) is 4.68 Å². The molecular formula is C14H17F2N3O. The van der Waals surface area contributed by atoms with E-state index in [-0.39, 0.29) is 18.0 Å². The minimum absolute atomic E-state index is 0.0510. The zero-order chi connectivity index (χ0) is 14.7. The molecule has 1 heterocycles. The molecule has 0 aliphatic carbocycles. The molecular weight excluding hydrogens is 264 g/mol. The van der Waals surface area contributed by atoms with E-state index >= 15 is 0 Å². The van der Waals surface area contributed by atoms with Crippen molar-refractivity contribution in [3.05, 3.63) is 47.3 Å². The third kappa shape index (κ3) is 2.65. The van der Waals surface area contributed by atoms with Crippen molar-refractivity contribution >= 4 is 0 Å². The number of benzene rings is 1. The van der Waals surface area contributed by atoms with Gasteiger partial charge in [-0.15, -0.1) is 0 Å². The Labute approximate surface area is 116 Å². The van der Waals surface area contributed by atoms with Crippen LogP contribution in [0.2, 0.25) is 0 Å². The fourth-order valence-corrected chi connectivity index (χ4v) is 2.25. The minimum Gasteiger partial charge on any atom is -0.493 e. The molecule has 0 spiro atoms. The topological polar surface area (TPSA) is 39.1 Å². The zero-order valence-corrected chi connectivity index (χ0v) is 11.7. The molecule has 0 radical (unpaired) electrons. The van der Waals surface area contributed by atoms with Crippen molar-refractivity contribution in [1.29, 1.82) is 0 Å². The second kappa shape index (κ2) is 6.00. The first-order valence-corrected chi connectivity index (χ1v) is 6.24. The molecule has 1 aromatic heterocycles. The van der Waals surface area contributed by atoms with Gasteiger partial charge in [-0.25, -0.2) is 8.78 Å². The number of rotatable bonds is 5. The van der Waals surface area contributed by atoms with Gasteiger partial charge in [0.05, 0.1) is 25.0 Å². The highest BCUT2D eigenvalue weighted by Gasteiger charge is 2.22. The lowest BCUT2D eigenvalue weighted by Crippen LogP contribution is -2.23. The average molecular weight is 281 g/mol. The maximum atomic E-state index is 13.8. The van der Waals surface area contributed by atoms with E-state index in [1.54, 1.807) is 25.0 Å². The van der Waals surface area contributed by atoms with Gasteiger partial charge in [0.15, 0.2) is 5.75 Å². The smallest absolute Gasteiger partial charge is 0.161 e. The molecule has 108 valence electrons. The van der Waals surface area contributed by atoms with Gasteiger partial charge in [0.25, 0.3) is 0 Å². The molecule has 0 saturated heterocycles. The predicted octanol–water partition coefficient (Wildman–Crippen LogP) is 2.21. The van der Waals surface area contributed by atoms with Crippen molar-refractivity contribution in [2.45, 2.75) is 12.5 Å². The van der Waals surface area contributed by atoms with Crippen LogP contribution in [0.1, 0.15) is 17.3 Å². The van der Waals surface area contributed by atoms with Gasteiger partial charge in [-0.1, -0.05) is 6.07 Å². The Kier molecular flexibility index (Phi) is 4.34. The Hall–Kier alpha value is -1.95. The van der Waals surface area contributed by atoms with Crippen molar-refractivity contribution in [3.63, 3.8) is 0 Å². The zero-order valence-electron chi connectivity index (χ0n) is 11.7. The van der Waals surface area contributed by atoms with E-state index in [2.05, 4.69) is 10.4 Å². The second-order valence-electron chi connectivity index (χ2n) is 4.47. The number of hydrogen-bond acceptors (Lipinski definition) is 3. The van der Waals surface area contributed by atoms with Crippen LogP contribution in [0.4, 0.5) is 8.78 Å². The third-order valence-electron chi connectivity index (χ3n) is 3.32. The van der Waals surface area contributed by atoms with Crippen LogP contribution in [0.25, 0.3) is 0 Å². The summed E-state index contributed by atoms with van der Waals surface area (Å²) in [5.41, 5.74) is 0.799. The van der Waals surface area contributed by atoms with Crippen LogP contribution >= 0.6 is 0 Å². The van der Waals surface area contributed by atoms with Crippen molar-refractivity contribution in [3.8, 4) is 5.75 Å². The van der Waals surface area contributed by atoms with Crippen molar-refractivity contribution in [1.82, 2.24) is 15.1 Å². The number of nitrogens with one attached hydrogen (secondary N) is 1. The number of aryl methyl sites for hydroxylation is 1. The summed E-state index contributed by atoms with van der Waals surface area (Å²) < 4.78 is 34.4. The second-order valence-corrected chi connectivity index (χ2v) is 4.47. The molecule has 0 bridgehead atoms. The van der Waals surface area contributed by atoms with Gasteiger partial charge in [0, 0.05) is 12.6 Å². The summed E-state index contributed by atoms with van der Waals surface area (Å²) in [6, 6.07) is 3.56. The fourth-order valence-electron chi connectivity index (χ4n) is 2.25. The molecule has 4 nitrogen and oxygen atoms in total. The summed E-state index contributed by atoms with van der Waals surface area (Å²) in [5, 5.41) is 7.16. The van der Waals surface area contributed by atoms with Crippen molar-refractivity contribution in [2.24, 2.45) is 7.05 Å². The number of hydrogen-bond donors (Lipinski definition) is 1. The lowest BCUT2D eigenvalue weighted by Gasteiger charge is -2.18. The van der Waals surface area contributed by atoms with Crippen LogP contribution in [0.5, 0.6) is 5.75 Å². The van der Waals surface area contributed by atoms with Crippen LogP contribution in [-0.2, 0) is 13.5 Å². The van der Waals surface area contributed by atoms with Gasteiger partial charge in [-0.05, 0) is 25.6 Å². The molecule has 6 heteroatoms. The minimum atomic E-state index is -0.550. The Balaban J connectivity index is 2.36. The molecule has 1 atom stereocenters. The van der Waals surface area contributed by atoms with Crippen LogP contribution in [0.15, 0.2) is 24.4 Å². The number of ether oxygens (including phenoxy) is 1. The van der Waals surface area contributed by atoms with Crippen LogP contribution in [-0.4, -0.2) is 23.9 Å².